The molecule has 1 saturated carbocycles. The van der Waals surface area contributed by atoms with Crippen LogP contribution in [-0.4, -0.2) is 34.8 Å². The van der Waals surface area contributed by atoms with Crippen molar-refractivity contribution in [3.8, 4) is 0 Å². The largest absolute Gasteiger partial charge is 0.348 e. The molecular formula is C21H27N3O3. The first-order valence-corrected chi connectivity index (χ1v) is 10.0. The molecule has 0 aromatic heterocycles. The summed E-state index contributed by atoms with van der Waals surface area (Å²) in [7, 11) is 0. The van der Waals surface area contributed by atoms with Gasteiger partial charge in [-0.05, 0) is 62.1 Å². The molecule has 0 bridgehead atoms. The quantitative estimate of drug-likeness (QED) is 0.801. The van der Waals surface area contributed by atoms with Crippen LogP contribution in [0, 0.1) is 0 Å². The van der Waals surface area contributed by atoms with Crippen LogP contribution in [0.1, 0.15) is 68.2 Å². The zero-order chi connectivity index (χ0) is 19.0. The lowest BCUT2D eigenvalue weighted by molar-refractivity contribution is -0.135. The van der Waals surface area contributed by atoms with Crippen molar-refractivity contribution in [2.24, 2.45) is 0 Å². The molecule has 144 valence electrons. The van der Waals surface area contributed by atoms with Gasteiger partial charge in [0.15, 0.2) is 0 Å². The molecule has 2 N–H and O–H groups in total. The fraction of sp³-hybridized carbons (Fsp3) is 0.571. The van der Waals surface area contributed by atoms with Crippen molar-refractivity contribution in [2.45, 2.75) is 69.9 Å². The number of nitrogens with zero attached hydrogens (tertiary/aromatic N) is 1. The number of hydrogen-bond acceptors (Lipinski definition) is 3. The maximum absolute atomic E-state index is 12.7. The van der Waals surface area contributed by atoms with Gasteiger partial charge < -0.3 is 10.6 Å². The summed E-state index contributed by atoms with van der Waals surface area (Å²) in [4.78, 5) is 38.4. The van der Waals surface area contributed by atoms with E-state index in [1.807, 2.05) is 6.92 Å². The molecule has 1 atom stereocenters. The Bertz CT molecular complexity index is 783. The van der Waals surface area contributed by atoms with Gasteiger partial charge in [-0.2, -0.15) is 0 Å². The Hall–Kier alpha value is -2.37. The molecule has 1 aromatic rings. The molecule has 1 aromatic carbocycles. The molecule has 6 heteroatoms. The smallest absolute Gasteiger partial charge is 0.325 e. The number of carbonyl (C=O) groups excluding carboxylic acids is 3. The molecule has 6 nitrogen and oxygen atoms in total. The van der Waals surface area contributed by atoms with Crippen molar-refractivity contribution >= 4 is 17.8 Å². The molecule has 27 heavy (non-hydrogen) atoms. The normalized spacial score (nSPS) is 21.9. The monoisotopic (exact) mass is 369 g/mol. The average molecular weight is 369 g/mol. The molecule has 1 saturated heterocycles. The summed E-state index contributed by atoms with van der Waals surface area (Å²) in [6.45, 7) is 1.72. The summed E-state index contributed by atoms with van der Waals surface area (Å²) in [6, 6.07) is 5.80. The van der Waals surface area contributed by atoms with Crippen molar-refractivity contribution < 1.29 is 14.4 Å². The van der Waals surface area contributed by atoms with E-state index in [9.17, 15) is 14.4 Å². The fourth-order valence-corrected chi connectivity index (χ4v) is 4.67. The lowest BCUT2D eigenvalue weighted by Gasteiger charge is -2.22. The number of hydrogen-bond donors (Lipinski definition) is 2. The second kappa shape index (κ2) is 6.98. The Morgan fingerprint density at radius 1 is 1.15 bits per heavy atom. The Morgan fingerprint density at radius 3 is 2.59 bits per heavy atom. The maximum atomic E-state index is 12.7. The highest BCUT2D eigenvalue weighted by Crippen LogP contribution is 2.35. The summed E-state index contributed by atoms with van der Waals surface area (Å²) >= 11 is 0. The molecule has 4 rings (SSSR count). The summed E-state index contributed by atoms with van der Waals surface area (Å²) in [6.07, 6.45) is 7.88. The van der Waals surface area contributed by atoms with Crippen LogP contribution in [0.2, 0.25) is 0 Å². The first-order valence-electron chi connectivity index (χ1n) is 10.0. The van der Waals surface area contributed by atoms with Gasteiger partial charge >= 0.3 is 6.03 Å². The molecule has 3 aliphatic rings. The van der Waals surface area contributed by atoms with E-state index in [4.69, 9.17) is 0 Å². The van der Waals surface area contributed by atoms with Crippen LogP contribution in [0.4, 0.5) is 4.79 Å². The summed E-state index contributed by atoms with van der Waals surface area (Å²) in [5.74, 6) is -0.555. The minimum Gasteiger partial charge on any atom is -0.348 e. The van der Waals surface area contributed by atoms with Gasteiger partial charge in [-0.15, -0.1) is 0 Å². The minimum atomic E-state index is -0.762. The lowest BCUT2D eigenvalue weighted by atomic mass is 9.89. The zero-order valence-corrected chi connectivity index (χ0v) is 15.8. The van der Waals surface area contributed by atoms with Gasteiger partial charge in [0, 0.05) is 0 Å². The topological polar surface area (TPSA) is 78.5 Å². The van der Waals surface area contributed by atoms with Crippen LogP contribution in [0.25, 0.3) is 0 Å². The minimum absolute atomic E-state index is 0.161. The molecule has 4 amide bonds. The van der Waals surface area contributed by atoms with E-state index >= 15 is 0 Å². The summed E-state index contributed by atoms with van der Waals surface area (Å²) in [5, 5.41) is 5.75. The number of aryl methyl sites for hydroxylation is 2. The average Bonchev–Trinajstić information content (AvgIpc) is 3.22. The van der Waals surface area contributed by atoms with Gasteiger partial charge in [-0.25, -0.2) is 4.79 Å². The number of urea groups is 1. The van der Waals surface area contributed by atoms with E-state index in [1.165, 1.54) is 24.0 Å². The van der Waals surface area contributed by atoms with Crippen LogP contribution >= 0.6 is 0 Å². The van der Waals surface area contributed by atoms with Crippen LogP contribution < -0.4 is 10.6 Å². The molecule has 1 heterocycles. The summed E-state index contributed by atoms with van der Waals surface area (Å²) in [5.41, 5.74) is 3.08. The van der Waals surface area contributed by atoms with Crippen molar-refractivity contribution in [3.63, 3.8) is 0 Å². The standard InChI is InChI=1S/C21H27N3O3/c1-14(16-9-8-15-6-2-3-7-17(15)12-16)22-18(25)13-24-19(26)21(23-20(24)27)10-4-5-11-21/h8-9,12,14H,2-7,10-11,13H2,1H3,(H,22,25)(H,23,27). The Labute approximate surface area is 159 Å². The van der Waals surface area contributed by atoms with Gasteiger partial charge in [-0.1, -0.05) is 31.0 Å². The van der Waals surface area contributed by atoms with E-state index in [1.54, 1.807) is 0 Å². The molecule has 0 radical (unpaired) electrons. The van der Waals surface area contributed by atoms with E-state index in [2.05, 4.69) is 28.8 Å². The van der Waals surface area contributed by atoms with E-state index in [0.29, 0.717) is 12.8 Å². The van der Waals surface area contributed by atoms with Crippen molar-refractivity contribution in [3.05, 3.63) is 34.9 Å². The molecule has 2 fully saturated rings. The first kappa shape index (κ1) is 18.0. The third-order valence-electron chi connectivity index (χ3n) is 6.25. The van der Waals surface area contributed by atoms with Gasteiger partial charge in [0.1, 0.15) is 12.1 Å². The second-order valence-electron chi connectivity index (χ2n) is 8.14. The van der Waals surface area contributed by atoms with Crippen molar-refractivity contribution in [1.82, 2.24) is 15.5 Å². The first-order chi connectivity index (χ1) is 13.0. The van der Waals surface area contributed by atoms with E-state index in [0.717, 1.165) is 36.1 Å². The SMILES string of the molecule is CC(NC(=O)CN1C(=O)NC2(CCCC2)C1=O)c1ccc2c(c1)CCCC2. The predicted molar refractivity (Wildman–Crippen MR) is 101 cm³/mol. The summed E-state index contributed by atoms with van der Waals surface area (Å²) < 4.78 is 0. The Balaban J connectivity index is 1.39. The second-order valence-corrected chi connectivity index (χ2v) is 8.14. The number of benzene rings is 1. The van der Waals surface area contributed by atoms with E-state index in [-0.39, 0.29) is 24.4 Å². The van der Waals surface area contributed by atoms with Gasteiger partial charge in [-0.3, -0.25) is 14.5 Å². The third-order valence-corrected chi connectivity index (χ3v) is 6.25. The number of carbonyl (C=O) groups is 3. The maximum Gasteiger partial charge on any atom is 0.325 e. The number of imide groups is 1. The van der Waals surface area contributed by atoms with Gasteiger partial charge in [0.2, 0.25) is 5.91 Å². The predicted octanol–water partition coefficient (Wildman–Crippen LogP) is 2.61. The van der Waals surface area contributed by atoms with Crippen LogP contribution in [-0.2, 0) is 22.4 Å². The third kappa shape index (κ3) is 3.33. The Kier molecular flexibility index (Phi) is 4.66. The van der Waals surface area contributed by atoms with Gasteiger partial charge in [0.05, 0.1) is 6.04 Å². The van der Waals surface area contributed by atoms with Crippen molar-refractivity contribution in [2.75, 3.05) is 6.54 Å². The molecule has 1 unspecified atom stereocenters. The fourth-order valence-electron chi connectivity index (χ4n) is 4.67. The molecule has 1 aliphatic heterocycles. The highest BCUT2D eigenvalue weighted by molar-refractivity contribution is 6.09. The Morgan fingerprint density at radius 2 is 1.85 bits per heavy atom. The number of amides is 4. The molecule has 1 spiro atoms. The molecule has 2 aliphatic carbocycles. The number of nitrogens with one attached hydrogen (secondary N) is 2. The van der Waals surface area contributed by atoms with Crippen LogP contribution in [0.15, 0.2) is 18.2 Å². The van der Waals surface area contributed by atoms with Crippen LogP contribution in [0.3, 0.4) is 0 Å². The molecular weight excluding hydrogens is 342 g/mol. The highest BCUT2D eigenvalue weighted by atomic mass is 16.2. The zero-order valence-electron chi connectivity index (χ0n) is 15.8. The number of fused-ring (bicyclic) bond motifs is 1. The lowest BCUT2D eigenvalue weighted by Crippen LogP contribution is -2.45. The number of rotatable bonds is 4. The van der Waals surface area contributed by atoms with E-state index < -0.39 is 11.6 Å². The highest BCUT2D eigenvalue weighted by Gasteiger charge is 2.52. The van der Waals surface area contributed by atoms with Gasteiger partial charge in [0.25, 0.3) is 5.91 Å². The van der Waals surface area contributed by atoms with Crippen molar-refractivity contribution in [1.29, 1.82) is 0 Å². The van der Waals surface area contributed by atoms with Crippen LogP contribution in [0.5, 0.6) is 0 Å².